The molecule has 0 N–H and O–H groups in total. The van der Waals surface area contributed by atoms with E-state index in [9.17, 15) is 4.79 Å². The minimum Gasteiger partial charge on any atom is -0.211 e. The monoisotopic (exact) mass is 179 g/mol. The predicted octanol–water partition coefficient (Wildman–Crippen LogP) is 2.70. The third kappa shape index (κ3) is 2.53. The van der Waals surface area contributed by atoms with Crippen molar-refractivity contribution >= 4 is 6.08 Å². The fraction of sp³-hybridized carbons (Fsp3) is 0.727. The first kappa shape index (κ1) is 10.2. The summed E-state index contributed by atoms with van der Waals surface area (Å²) in [6.45, 7) is 8.17. The van der Waals surface area contributed by atoms with Crippen LogP contribution in [0.2, 0.25) is 0 Å². The van der Waals surface area contributed by atoms with Gasteiger partial charge in [0, 0.05) is 0 Å². The van der Waals surface area contributed by atoms with Crippen LogP contribution in [-0.2, 0) is 4.79 Å². The average molecular weight is 179 g/mol. The van der Waals surface area contributed by atoms with Crippen LogP contribution in [-0.4, -0.2) is 12.1 Å². The van der Waals surface area contributed by atoms with Gasteiger partial charge in [-0.2, -0.15) is 0 Å². The summed E-state index contributed by atoms with van der Waals surface area (Å²) in [6, 6.07) is 0.174. The third-order valence-electron chi connectivity index (χ3n) is 3.07. The Kier molecular flexibility index (Phi) is 3.44. The predicted molar refractivity (Wildman–Crippen MR) is 53.2 cm³/mol. The Morgan fingerprint density at radius 1 is 1.54 bits per heavy atom. The van der Waals surface area contributed by atoms with Crippen molar-refractivity contribution < 1.29 is 4.79 Å². The summed E-state index contributed by atoms with van der Waals surface area (Å²) in [5, 5.41) is 0. The van der Waals surface area contributed by atoms with E-state index in [4.69, 9.17) is 0 Å². The summed E-state index contributed by atoms with van der Waals surface area (Å²) in [7, 11) is 0. The van der Waals surface area contributed by atoms with E-state index in [0.29, 0.717) is 11.8 Å². The maximum atomic E-state index is 10.2. The molecule has 0 aromatic carbocycles. The van der Waals surface area contributed by atoms with Crippen LogP contribution in [0.4, 0.5) is 0 Å². The summed E-state index contributed by atoms with van der Waals surface area (Å²) in [6.07, 6.45) is 4.99. The van der Waals surface area contributed by atoms with Gasteiger partial charge in [-0.1, -0.05) is 19.1 Å². The van der Waals surface area contributed by atoms with Gasteiger partial charge in [0.2, 0.25) is 6.08 Å². The fourth-order valence-electron chi connectivity index (χ4n) is 1.99. The summed E-state index contributed by atoms with van der Waals surface area (Å²) >= 11 is 0. The maximum absolute atomic E-state index is 10.2. The molecule has 72 valence electrons. The molecule has 0 saturated heterocycles. The Hall–Kier alpha value is -0.880. The first-order valence-electron chi connectivity index (χ1n) is 4.87. The minimum absolute atomic E-state index is 0.174. The number of hydrogen-bond donors (Lipinski definition) is 0. The van der Waals surface area contributed by atoms with Crippen molar-refractivity contribution in [2.75, 3.05) is 0 Å². The van der Waals surface area contributed by atoms with Gasteiger partial charge in [-0.25, -0.2) is 9.79 Å². The molecule has 3 atom stereocenters. The summed E-state index contributed by atoms with van der Waals surface area (Å²) in [4.78, 5) is 14.0. The number of allylic oxidation sites excluding steroid dienone is 1. The van der Waals surface area contributed by atoms with Gasteiger partial charge < -0.3 is 0 Å². The number of hydrogen-bond acceptors (Lipinski definition) is 2. The van der Waals surface area contributed by atoms with Gasteiger partial charge in [0.1, 0.15) is 0 Å². The molecular weight excluding hydrogens is 162 g/mol. The molecule has 0 aromatic heterocycles. The number of rotatable bonds is 2. The van der Waals surface area contributed by atoms with Gasteiger partial charge >= 0.3 is 0 Å². The highest BCUT2D eigenvalue weighted by atomic mass is 16.1. The molecule has 2 nitrogen and oxygen atoms in total. The largest absolute Gasteiger partial charge is 0.235 e. The summed E-state index contributed by atoms with van der Waals surface area (Å²) < 4.78 is 0. The Morgan fingerprint density at radius 2 is 2.23 bits per heavy atom. The van der Waals surface area contributed by atoms with Crippen LogP contribution in [0.1, 0.15) is 33.1 Å². The molecule has 0 aliphatic heterocycles. The maximum Gasteiger partial charge on any atom is 0.235 e. The van der Waals surface area contributed by atoms with Crippen molar-refractivity contribution in [2.45, 2.75) is 39.2 Å². The minimum atomic E-state index is 0.174. The van der Waals surface area contributed by atoms with E-state index in [1.54, 1.807) is 6.08 Å². The first-order chi connectivity index (χ1) is 6.15. The lowest BCUT2D eigenvalue weighted by Crippen LogP contribution is -2.26. The normalized spacial score (nSPS) is 33.5. The van der Waals surface area contributed by atoms with E-state index in [2.05, 4.69) is 25.4 Å². The van der Waals surface area contributed by atoms with Crippen molar-refractivity contribution in [3.63, 3.8) is 0 Å². The zero-order chi connectivity index (χ0) is 9.84. The second-order valence-corrected chi connectivity index (χ2v) is 4.12. The van der Waals surface area contributed by atoms with Crippen molar-refractivity contribution in [3.05, 3.63) is 12.2 Å². The van der Waals surface area contributed by atoms with Gasteiger partial charge in [-0.15, -0.1) is 0 Å². The van der Waals surface area contributed by atoms with Crippen LogP contribution in [0, 0.1) is 11.8 Å². The Bertz CT molecular complexity index is 240. The smallest absolute Gasteiger partial charge is 0.211 e. The van der Waals surface area contributed by atoms with Crippen LogP contribution < -0.4 is 0 Å². The lowest BCUT2D eigenvalue weighted by Gasteiger charge is -2.31. The van der Waals surface area contributed by atoms with Gasteiger partial charge in [-0.3, -0.25) is 0 Å². The van der Waals surface area contributed by atoms with Crippen molar-refractivity contribution in [3.8, 4) is 0 Å². The van der Waals surface area contributed by atoms with Gasteiger partial charge in [0.05, 0.1) is 6.04 Å². The van der Waals surface area contributed by atoms with E-state index < -0.39 is 0 Å². The highest BCUT2D eigenvalue weighted by Gasteiger charge is 2.27. The second kappa shape index (κ2) is 4.38. The molecule has 0 bridgehead atoms. The Labute approximate surface area is 79.8 Å². The zero-order valence-corrected chi connectivity index (χ0v) is 8.42. The van der Waals surface area contributed by atoms with Gasteiger partial charge in [-0.05, 0) is 38.0 Å². The average Bonchev–Trinajstić information content (AvgIpc) is 2.08. The fourth-order valence-corrected chi connectivity index (χ4v) is 1.99. The van der Waals surface area contributed by atoms with E-state index in [0.717, 1.165) is 12.8 Å². The highest BCUT2D eigenvalue weighted by Crippen LogP contribution is 2.33. The van der Waals surface area contributed by atoms with Crippen LogP contribution in [0.15, 0.2) is 17.1 Å². The van der Waals surface area contributed by atoms with E-state index >= 15 is 0 Å². The molecule has 1 fully saturated rings. The number of aliphatic imine (C=N–C) groups is 1. The third-order valence-corrected chi connectivity index (χ3v) is 3.07. The summed E-state index contributed by atoms with van der Waals surface area (Å²) in [5.74, 6) is 1.08. The first-order valence-corrected chi connectivity index (χ1v) is 4.87. The number of nitrogens with zero attached hydrogens (tertiary/aromatic N) is 1. The molecule has 0 spiro atoms. The molecule has 0 amide bonds. The molecule has 1 saturated carbocycles. The number of isocyanates is 1. The summed E-state index contributed by atoms with van der Waals surface area (Å²) in [5.41, 5.74) is 1.22. The highest BCUT2D eigenvalue weighted by molar-refractivity contribution is 5.33. The Balaban J connectivity index is 2.62. The van der Waals surface area contributed by atoms with Crippen molar-refractivity contribution in [1.82, 2.24) is 0 Å². The molecule has 0 heterocycles. The number of carbonyl (C=O) groups excluding carboxylic acids is 1. The quantitative estimate of drug-likeness (QED) is 0.364. The van der Waals surface area contributed by atoms with Gasteiger partial charge in [0.15, 0.2) is 0 Å². The van der Waals surface area contributed by atoms with Gasteiger partial charge in [0.25, 0.3) is 0 Å². The standard InChI is InChI=1S/C11H17NO/c1-8(2)10-5-4-9(3)11(6-10)12-7-13/h9-11H,1,4-6H2,2-3H3. The molecule has 2 heteroatoms. The van der Waals surface area contributed by atoms with Crippen LogP contribution >= 0.6 is 0 Å². The molecule has 0 radical (unpaired) electrons. The topological polar surface area (TPSA) is 29.4 Å². The molecule has 3 unspecified atom stereocenters. The van der Waals surface area contributed by atoms with Crippen LogP contribution in [0.5, 0.6) is 0 Å². The van der Waals surface area contributed by atoms with E-state index in [1.807, 2.05) is 0 Å². The molecule has 1 aliphatic carbocycles. The molecule has 0 aromatic rings. The van der Waals surface area contributed by atoms with E-state index in [1.165, 1.54) is 12.0 Å². The van der Waals surface area contributed by atoms with Crippen LogP contribution in [0.25, 0.3) is 0 Å². The Morgan fingerprint density at radius 3 is 2.77 bits per heavy atom. The lowest BCUT2D eigenvalue weighted by atomic mass is 9.77. The van der Waals surface area contributed by atoms with Crippen molar-refractivity contribution in [1.29, 1.82) is 0 Å². The van der Waals surface area contributed by atoms with Crippen molar-refractivity contribution in [2.24, 2.45) is 16.8 Å². The molecule has 1 aliphatic rings. The molecule has 1 rings (SSSR count). The SMILES string of the molecule is C=C(C)C1CCC(C)C(N=C=O)C1. The lowest BCUT2D eigenvalue weighted by molar-refractivity contribution is 0.278. The van der Waals surface area contributed by atoms with Crippen LogP contribution in [0.3, 0.4) is 0 Å². The molecular formula is C11H17NO. The second-order valence-electron chi connectivity index (χ2n) is 4.12. The van der Waals surface area contributed by atoms with E-state index in [-0.39, 0.29) is 6.04 Å². The zero-order valence-electron chi connectivity index (χ0n) is 8.42. The molecule has 13 heavy (non-hydrogen) atoms.